The van der Waals surface area contributed by atoms with Crippen LogP contribution in [0.15, 0.2) is 58.6 Å². The number of imidazole rings is 1. The van der Waals surface area contributed by atoms with E-state index in [4.69, 9.17) is 10.5 Å². The van der Waals surface area contributed by atoms with Gasteiger partial charge in [0.2, 0.25) is 33.2 Å². The molecule has 354 valence electrons. The van der Waals surface area contributed by atoms with Gasteiger partial charge < -0.3 is 51.7 Å². The molecule has 0 fully saturated rings. The van der Waals surface area contributed by atoms with Crippen LogP contribution in [0.2, 0.25) is 0 Å². The fourth-order valence-corrected chi connectivity index (χ4v) is 8.73. The minimum absolute atomic E-state index is 0.0143. The van der Waals surface area contributed by atoms with Crippen LogP contribution in [0.4, 0.5) is 5.95 Å². The van der Waals surface area contributed by atoms with E-state index in [-0.39, 0.29) is 59.5 Å². The van der Waals surface area contributed by atoms with E-state index in [2.05, 4.69) is 41.3 Å². The molecular weight excluding hydrogens is 861 g/mol. The first kappa shape index (κ1) is 51.5. The number of H-pyrrole nitrogens is 1. The summed E-state index contributed by atoms with van der Waals surface area (Å²) in [6.07, 6.45) is 7.62. The molecule has 4 amide bonds. The Balaban J connectivity index is 1.31. The number of carbonyl (C=O) groups is 5. The molecule has 2 aromatic carbocycles. The number of fused-ring (bicyclic) bond motifs is 1. The van der Waals surface area contributed by atoms with Gasteiger partial charge in [-0.15, -0.1) is 0 Å². The number of ether oxygens (including phenoxy) is 1. The number of nitrogens with one attached hydrogen (secondary N) is 7. The highest BCUT2D eigenvalue weighted by Gasteiger charge is 2.29. The van der Waals surface area contributed by atoms with Gasteiger partial charge in [0.15, 0.2) is 5.95 Å². The zero-order chi connectivity index (χ0) is 47.5. The Morgan fingerprint density at radius 3 is 2.17 bits per heavy atom. The van der Waals surface area contributed by atoms with E-state index >= 15 is 0 Å². The normalized spacial score (nSPS) is 12.3. The third-order valence-corrected chi connectivity index (χ3v) is 12.0. The molecule has 0 aliphatic heterocycles. The lowest BCUT2D eigenvalue weighted by Gasteiger charge is -2.19. The number of carboxylic acids is 1. The lowest BCUT2D eigenvalue weighted by molar-refractivity contribution is -0.138. The maximum atomic E-state index is 13.8. The molecule has 2 heterocycles. The van der Waals surface area contributed by atoms with E-state index in [0.717, 1.165) is 17.5 Å². The summed E-state index contributed by atoms with van der Waals surface area (Å²) >= 11 is 0. The predicted octanol–water partition coefficient (Wildman–Crippen LogP) is 1.87. The fraction of sp³-hybridized carbons (Fsp3) is 0.477. The number of pyridine rings is 1. The summed E-state index contributed by atoms with van der Waals surface area (Å²) in [5.41, 5.74) is 7.84. The predicted molar refractivity (Wildman–Crippen MR) is 245 cm³/mol. The number of benzene rings is 2. The number of aromatic amines is 1. The second-order valence-corrected chi connectivity index (χ2v) is 17.4. The van der Waals surface area contributed by atoms with Gasteiger partial charge in [-0.05, 0) is 75.3 Å². The number of aryl methyl sites for hydroxylation is 4. The van der Waals surface area contributed by atoms with Gasteiger partial charge in [0, 0.05) is 89.3 Å². The fourth-order valence-electron chi connectivity index (χ4n) is 7.09. The molecule has 2 aromatic heterocycles. The maximum Gasteiger partial charge on any atom is 0.323 e. The molecule has 0 saturated carbocycles. The number of nitrogens with two attached hydrogens (primary N) is 1. The first-order chi connectivity index (χ1) is 31.0. The number of rotatable bonds is 28. The highest BCUT2D eigenvalue weighted by Crippen LogP contribution is 2.22. The molecule has 0 saturated heterocycles. The lowest BCUT2D eigenvalue weighted by Crippen LogP contribution is -2.49. The van der Waals surface area contributed by atoms with E-state index in [1.165, 1.54) is 6.20 Å². The van der Waals surface area contributed by atoms with Crippen molar-refractivity contribution in [3.05, 3.63) is 87.0 Å². The largest absolute Gasteiger partial charge is 0.480 e. The van der Waals surface area contributed by atoms with Crippen molar-refractivity contribution in [1.82, 2.24) is 40.5 Å². The van der Waals surface area contributed by atoms with E-state index in [1.807, 2.05) is 13.8 Å². The number of anilines is 1. The molecule has 2 atom stereocenters. The van der Waals surface area contributed by atoms with Crippen LogP contribution in [-0.4, -0.2) is 109 Å². The SMILES string of the molecule is CCCC(N)C(=O)NCCCOCCCNC(=O)CCC(=O)NCCCn1cc(C(=O)NCC(NS(=O)(=O)c2c(C)cc(C)cc2C)C(=O)O)c(=O)c2ccc(CNc3ncc[nH]3)cc21. The number of amides is 4. The number of hydrogen-bond donors (Lipinski definition) is 9. The average Bonchev–Trinajstić information content (AvgIpc) is 3.78. The Bertz CT molecular complexity index is 2420. The zero-order valence-corrected chi connectivity index (χ0v) is 38.2. The van der Waals surface area contributed by atoms with Crippen LogP contribution in [-0.2, 0) is 47.0 Å². The van der Waals surface area contributed by atoms with Crippen molar-refractivity contribution >= 4 is 56.5 Å². The van der Waals surface area contributed by atoms with Crippen molar-refractivity contribution in [2.45, 2.75) is 103 Å². The first-order valence-electron chi connectivity index (χ1n) is 21.7. The highest BCUT2D eigenvalue weighted by atomic mass is 32.2. The van der Waals surface area contributed by atoms with Gasteiger partial charge >= 0.3 is 5.97 Å². The van der Waals surface area contributed by atoms with E-state index in [9.17, 15) is 42.3 Å². The third-order valence-electron chi connectivity index (χ3n) is 10.3. The average molecular weight is 923 g/mol. The highest BCUT2D eigenvalue weighted by molar-refractivity contribution is 7.89. The van der Waals surface area contributed by atoms with Crippen LogP contribution in [0.3, 0.4) is 0 Å². The second kappa shape index (κ2) is 25.4. The lowest BCUT2D eigenvalue weighted by atomic mass is 10.1. The van der Waals surface area contributed by atoms with Crippen molar-refractivity contribution < 1.29 is 42.2 Å². The van der Waals surface area contributed by atoms with Crippen molar-refractivity contribution in [2.75, 3.05) is 44.7 Å². The third kappa shape index (κ3) is 16.1. The van der Waals surface area contributed by atoms with Crippen LogP contribution in [0.5, 0.6) is 0 Å². The number of sulfonamides is 1. The zero-order valence-electron chi connectivity index (χ0n) is 37.4. The van der Waals surface area contributed by atoms with Crippen LogP contribution in [0, 0.1) is 20.8 Å². The summed E-state index contributed by atoms with van der Waals surface area (Å²) in [5, 5.41) is 24.1. The first-order valence-corrected chi connectivity index (χ1v) is 23.1. The van der Waals surface area contributed by atoms with Gasteiger partial charge in [0.25, 0.3) is 5.91 Å². The Kier molecular flexibility index (Phi) is 20.1. The molecular formula is C44H62N10O10S. The van der Waals surface area contributed by atoms with Gasteiger partial charge in [-0.1, -0.05) is 37.1 Å². The number of aromatic nitrogens is 3. The Labute approximate surface area is 378 Å². The van der Waals surface area contributed by atoms with Crippen molar-refractivity contribution in [3.63, 3.8) is 0 Å². The van der Waals surface area contributed by atoms with E-state index in [1.54, 1.807) is 61.1 Å². The minimum Gasteiger partial charge on any atom is -0.480 e. The number of nitrogens with zero attached hydrogens (tertiary/aromatic N) is 2. The topological polar surface area (TPSA) is 298 Å². The molecule has 4 rings (SSSR count). The molecule has 21 heteroatoms. The van der Waals surface area contributed by atoms with Crippen molar-refractivity contribution in [3.8, 4) is 0 Å². The monoisotopic (exact) mass is 922 g/mol. The Morgan fingerprint density at radius 2 is 1.55 bits per heavy atom. The number of carbonyl (C=O) groups excluding carboxylic acids is 4. The molecule has 0 spiro atoms. The maximum absolute atomic E-state index is 13.8. The van der Waals surface area contributed by atoms with Gasteiger partial charge in [-0.2, -0.15) is 4.72 Å². The van der Waals surface area contributed by atoms with Gasteiger partial charge in [-0.3, -0.25) is 28.8 Å². The summed E-state index contributed by atoms with van der Waals surface area (Å²) in [6.45, 7) is 8.85. The Hall–Kier alpha value is -6.16. The van der Waals surface area contributed by atoms with Crippen LogP contribution in [0.1, 0.15) is 84.5 Å². The molecule has 0 aliphatic rings. The second-order valence-electron chi connectivity index (χ2n) is 15.7. The van der Waals surface area contributed by atoms with Gasteiger partial charge in [-0.25, -0.2) is 13.4 Å². The number of carboxylic acid groups (broad SMARTS) is 1. The Morgan fingerprint density at radius 1 is 0.908 bits per heavy atom. The molecule has 0 radical (unpaired) electrons. The molecule has 0 bridgehead atoms. The molecule has 2 unspecified atom stereocenters. The summed E-state index contributed by atoms with van der Waals surface area (Å²) in [5.74, 6) is -2.69. The van der Waals surface area contributed by atoms with Crippen LogP contribution >= 0.6 is 0 Å². The molecule has 0 aliphatic carbocycles. The van der Waals surface area contributed by atoms with Gasteiger partial charge in [0.05, 0.1) is 16.5 Å². The summed E-state index contributed by atoms with van der Waals surface area (Å²) in [4.78, 5) is 83.4. The summed E-state index contributed by atoms with van der Waals surface area (Å²) in [7, 11) is -4.33. The van der Waals surface area contributed by atoms with Crippen LogP contribution < -0.4 is 42.5 Å². The van der Waals surface area contributed by atoms with Crippen molar-refractivity contribution in [2.24, 2.45) is 5.73 Å². The summed E-state index contributed by atoms with van der Waals surface area (Å²) < 4.78 is 36.1. The number of aliphatic carboxylic acids is 1. The van der Waals surface area contributed by atoms with E-state index < -0.39 is 46.0 Å². The smallest absolute Gasteiger partial charge is 0.323 e. The van der Waals surface area contributed by atoms with Gasteiger partial charge in [0.1, 0.15) is 11.6 Å². The summed E-state index contributed by atoms with van der Waals surface area (Å²) in [6, 6.07) is 6.16. The number of hydrogen-bond acceptors (Lipinski definition) is 12. The molecule has 10 N–H and O–H groups in total. The minimum atomic E-state index is -4.33. The standard InChI is InChI=1S/C44H62N10O10S/c1-5-9-34(45)42(59)48-16-8-21-64-20-7-15-47-38(56)13-12-37(55)46-14-6-19-54-27-33(39(57)32-11-10-31(24-36(32)54)25-52-44-49-17-18-50-44)41(58)51-26-35(43(60)61)53-65(62,63)40-29(3)22-28(2)23-30(40)4/h10-11,17-18,22-24,27,34-35,53H,5-9,12-16,19-21,25-26,45H2,1-4H3,(H,46,55)(H,47,56)(H,48,59)(H,51,58)(H,60,61)(H2,49,50,52). The quantitative estimate of drug-likeness (QED) is 0.0368. The van der Waals surface area contributed by atoms with E-state index in [0.29, 0.717) is 81.1 Å². The molecule has 20 nitrogen and oxygen atoms in total. The van der Waals surface area contributed by atoms with Crippen molar-refractivity contribution in [1.29, 1.82) is 0 Å². The molecule has 65 heavy (non-hydrogen) atoms. The van der Waals surface area contributed by atoms with Crippen LogP contribution in [0.25, 0.3) is 10.9 Å². The molecule has 4 aromatic rings.